The molecule has 0 unspecified atom stereocenters. The van der Waals surface area contributed by atoms with Crippen LogP contribution in [0.5, 0.6) is 5.75 Å². The smallest absolute Gasteiger partial charge is 0.119 e. The number of ether oxygens (including phenoxy) is 1. The highest BCUT2D eigenvalue weighted by Crippen LogP contribution is 2.44. The van der Waals surface area contributed by atoms with Crippen molar-refractivity contribution in [3.05, 3.63) is 29.8 Å². The van der Waals surface area contributed by atoms with Crippen LogP contribution in [0.15, 0.2) is 24.3 Å². The molecule has 20 heavy (non-hydrogen) atoms. The van der Waals surface area contributed by atoms with Crippen LogP contribution >= 0.6 is 0 Å². The van der Waals surface area contributed by atoms with Gasteiger partial charge in [-0.05, 0) is 44.6 Å². The molecule has 0 saturated heterocycles. The zero-order valence-electron chi connectivity index (χ0n) is 12.8. The van der Waals surface area contributed by atoms with Crippen molar-refractivity contribution >= 4 is 0 Å². The minimum Gasteiger partial charge on any atom is -0.497 e. The molecule has 1 aliphatic rings. The molecule has 112 valence electrons. The van der Waals surface area contributed by atoms with E-state index in [0.717, 1.165) is 37.1 Å². The maximum absolute atomic E-state index is 5.77. The maximum Gasteiger partial charge on any atom is 0.119 e. The summed E-state index contributed by atoms with van der Waals surface area (Å²) in [5, 5.41) is 0. The third kappa shape index (κ3) is 2.97. The molecule has 0 heterocycles. The van der Waals surface area contributed by atoms with Crippen LogP contribution < -0.4 is 10.6 Å². The second kappa shape index (κ2) is 6.57. The second-order valence-corrected chi connectivity index (χ2v) is 5.94. The van der Waals surface area contributed by atoms with Crippen LogP contribution in [0.25, 0.3) is 0 Å². The van der Waals surface area contributed by atoms with Crippen molar-refractivity contribution in [1.29, 1.82) is 0 Å². The summed E-state index contributed by atoms with van der Waals surface area (Å²) in [5.74, 6) is 7.03. The molecule has 1 aliphatic carbocycles. The predicted octanol–water partition coefficient (Wildman–Crippen LogP) is 2.53. The molecule has 4 heteroatoms. The van der Waals surface area contributed by atoms with E-state index in [1.54, 1.807) is 7.11 Å². The van der Waals surface area contributed by atoms with E-state index in [4.69, 9.17) is 15.5 Å². The molecule has 2 rings (SSSR count). The summed E-state index contributed by atoms with van der Waals surface area (Å²) in [6.07, 6.45) is 4.51. The van der Waals surface area contributed by atoms with Crippen LogP contribution in [0.3, 0.4) is 0 Å². The fourth-order valence-corrected chi connectivity index (χ4v) is 3.38. The minimum atomic E-state index is -0.392. The standard InChI is InChI=1S/C16H26N2O2/c1-18(2)12-14-7-4-5-10-16(14,20-17)13-8-6-9-15(11-13)19-3/h6,8-9,11,14H,4-5,7,10,12,17H2,1-3H3/t14-,16+/m1/s1. The van der Waals surface area contributed by atoms with Gasteiger partial charge in [0.2, 0.25) is 0 Å². The fraction of sp³-hybridized carbons (Fsp3) is 0.625. The van der Waals surface area contributed by atoms with Crippen LogP contribution in [0.2, 0.25) is 0 Å². The number of nitrogens with two attached hydrogens (primary N) is 1. The Hall–Kier alpha value is -1.10. The molecule has 1 fully saturated rings. The Morgan fingerprint density at radius 3 is 2.80 bits per heavy atom. The van der Waals surface area contributed by atoms with Gasteiger partial charge in [-0.3, -0.25) is 4.84 Å². The SMILES string of the molecule is COc1cccc([C@@]2(ON)CCCC[C@@H]2CN(C)C)c1. The van der Waals surface area contributed by atoms with E-state index >= 15 is 0 Å². The van der Waals surface area contributed by atoms with Crippen LogP contribution in [0, 0.1) is 5.92 Å². The van der Waals surface area contributed by atoms with Gasteiger partial charge in [-0.2, -0.15) is 0 Å². The fourth-order valence-electron chi connectivity index (χ4n) is 3.38. The molecular formula is C16H26N2O2. The van der Waals surface area contributed by atoms with Crippen molar-refractivity contribution in [3.8, 4) is 5.75 Å². The lowest BCUT2D eigenvalue weighted by Crippen LogP contribution is -2.46. The van der Waals surface area contributed by atoms with E-state index in [1.165, 1.54) is 6.42 Å². The first-order valence-corrected chi connectivity index (χ1v) is 7.29. The van der Waals surface area contributed by atoms with Gasteiger partial charge in [-0.1, -0.05) is 25.0 Å². The monoisotopic (exact) mass is 278 g/mol. The van der Waals surface area contributed by atoms with Gasteiger partial charge in [0.1, 0.15) is 11.4 Å². The number of benzene rings is 1. The van der Waals surface area contributed by atoms with Crippen LogP contribution in [-0.2, 0) is 10.4 Å². The summed E-state index contributed by atoms with van der Waals surface area (Å²) in [6, 6.07) is 8.12. The second-order valence-electron chi connectivity index (χ2n) is 5.94. The van der Waals surface area contributed by atoms with Gasteiger partial charge in [0.25, 0.3) is 0 Å². The van der Waals surface area contributed by atoms with Gasteiger partial charge in [0, 0.05) is 12.5 Å². The zero-order valence-corrected chi connectivity index (χ0v) is 12.8. The molecule has 0 amide bonds. The average molecular weight is 278 g/mol. The normalized spacial score (nSPS) is 26.8. The van der Waals surface area contributed by atoms with Gasteiger partial charge in [-0.25, -0.2) is 5.90 Å². The van der Waals surface area contributed by atoms with Crippen molar-refractivity contribution in [1.82, 2.24) is 4.90 Å². The quantitative estimate of drug-likeness (QED) is 0.841. The number of hydrogen-bond acceptors (Lipinski definition) is 4. The Kier molecular flexibility index (Phi) is 5.02. The predicted molar refractivity (Wildman–Crippen MR) is 80.5 cm³/mol. The third-order valence-electron chi connectivity index (χ3n) is 4.36. The number of rotatable bonds is 5. The summed E-state index contributed by atoms with van der Waals surface area (Å²) in [5.41, 5.74) is 0.739. The molecule has 0 radical (unpaired) electrons. The summed E-state index contributed by atoms with van der Waals surface area (Å²) in [6.45, 7) is 0.981. The van der Waals surface area contributed by atoms with E-state index in [2.05, 4.69) is 31.1 Å². The van der Waals surface area contributed by atoms with Crippen molar-refractivity contribution < 1.29 is 9.57 Å². The molecule has 1 aromatic rings. The van der Waals surface area contributed by atoms with Gasteiger partial charge >= 0.3 is 0 Å². The zero-order chi connectivity index (χ0) is 14.6. The number of hydrogen-bond donors (Lipinski definition) is 1. The van der Waals surface area contributed by atoms with E-state index in [0.29, 0.717) is 5.92 Å². The molecule has 0 aliphatic heterocycles. The van der Waals surface area contributed by atoms with Crippen molar-refractivity contribution in [2.75, 3.05) is 27.7 Å². The van der Waals surface area contributed by atoms with Gasteiger partial charge < -0.3 is 9.64 Å². The molecule has 2 atom stereocenters. The molecule has 0 aromatic heterocycles. The highest BCUT2D eigenvalue weighted by Gasteiger charge is 2.43. The van der Waals surface area contributed by atoms with Crippen LogP contribution in [-0.4, -0.2) is 32.6 Å². The molecule has 1 saturated carbocycles. The topological polar surface area (TPSA) is 47.7 Å². The highest BCUT2D eigenvalue weighted by atomic mass is 16.6. The molecule has 0 bridgehead atoms. The Morgan fingerprint density at radius 1 is 1.35 bits per heavy atom. The highest BCUT2D eigenvalue weighted by molar-refractivity contribution is 5.33. The Morgan fingerprint density at radius 2 is 2.15 bits per heavy atom. The Balaban J connectivity index is 2.37. The molecule has 4 nitrogen and oxygen atoms in total. The first-order chi connectivity index (χ1) is 9.62. The van der Waals surface area contributed by atoms with Crippen molar-refractivity contribution in [3.63, 3.8) is 0 Å². The first-order valence-electron chi connectivity index (χ1n) is 7.29. The molecule has 2 N–H and O–H groups in total. The summed E-state index contributed by atoms with van der Waals surface area (Å²) < 4.78 is 5.34. The lowest BCUT2D eigenvalue weighted by atomic mass is 9.71. The lowest BCUT2D eigenvalue weighted by Gasteiger charge is -2.43. The van der Waals surface area contributed by atoms with Gasteiger partial charge in [0.15, 0.2) is 0 Å². The third-order valence-corrected chi connectivity index (χ3v) is 4.36. The summed E-state index contributed by atoms with van der Waals surface area (Å²) >= 11 is 0. The number of nitrogens with zero attached hydrogens (tertiary/aromatic N) is 1. The molecular weight excluding hydrogens is 252 g/mol. The largest absolute Gasteiger partial charge is 0.497 e. The Bertz CT molecular complexity index is 436. The minimum absolute atomic E-state index is 0.392. The maximum atomic E-state index is 5.77. The van der Waals surface area contributed by atoms with E-state index < -0.39 is 5.60 Å². The van der Waals surface area contributed by atoms with E-state index in [1.807, 2.05) is 12.1 Å². The summed E-state index contributed by atoms with van der Waals surface area (Å²) in [4.78, 5) is 7.81. The van der Waals surface area contributed by atoms with Gasteiger partial charge in [0.05, 0.1) is 7.11 Å². The lowest BCUT2D eigenvalue weighted by molar-refractivity contribution is -0.123. The Labute approximate surface area is 121 Å². The first kappa shape index (κ1) is 15.3. The molecule has 1 aromatic carbocycles. The molecule has 0 spiro atoms. The van der Waals surface area contributed by atoms with E-state index in [9.17, 15) is 0 Å². The van der Waals surface area contributed by atoms with Gasteiger partial charge in [-0.15, -0.1) is 0 Å². The van der Waals surface area contributed by atoms with E-state index in [-0.39, 0.29) is 0 Å². The van der Waals surface area contributed by atoms with Crippen molar-refractivity contribution in [2.45, 2.75) is 31.3 Å². The van der Waals surface area contributed by atoms with Crippen molar-refractivity contribution in [2.24, 2.45) is 11.8 Å². The average Bonchev–Trinajstić information content (AvgIpc) is 2.47. The van der Waals surface area contributed by atoms with Crippen LogP contribution in [0.1, 0.15) is 31.2 Å². The van der Waals surface area contributed by atoms with Crippen LogP contribution in [0.4, 0.5) is 0 Å². The number of methoxy groups -OCH3 is 1. The summed E-state index contributed by atoms with van der Waals surface area (Å²) in [7, 11) is 5.89.